The Morgan fingerprint density at radius 2 is 1.35 bits per heavy atom. The summed E-state index contributed by atoms with van der Waals surface area (Å²) in [5.41, 5.74) is 2.98. The van der Waals surface area contributed by atoms with Crippen molar-refractivity contribution in [3.05, 3.63) is 35.4 Å². The van der Waals surface area contributed by atoms with Crippen molar-refractivity contribution in [3.63, 3.8) is 0 Å². The van der Waals surface area contributed by atoms with E-state index in [0.717, 1.165) is 13.1 Å². The predicted octanol–water partition coefficient (Wildman–Crippen LogP) is 5.02. The first kappa shape index (κ1) is 20.2. The molecule has 0 unspecified atom stereocenters. The lowest BCUT2D eigenvalue weighted by Gasteiger charge is -2.21. The zero-order chi connectivity index (χ0) is 16.8. The molecule has 0 fully saturated rings. The van der Waals surface area contributed by atoms with Crippen LogP contribution in [0.1, 0.15) is 70.4 Å². The number of nitrogens with one attached hydrogen (secondary N) is 1. The number of hydrogen-bond donors (Lipinski definition) is 1. The third-order valence-corrected chi connectivity index (χ3v) is 4.49. The number of benzene rings is 1. The van der Waals surface area contributed by atoms with Gasteiger partial charge in [0, 0.05) is 6.54 Å². The Bertz CT molecular complexity index is 345. The summed E-state index contributed by atoms with van der Waals surface area (Å²) < 4.78 is 0. The SMILES string of the molecule is CCCCN(CCCC)CCCC.c1ccc2c(c1)CCNC2. The van der Waals surface area contributed by atoms with Gasteiger partial charge < -0.3 is 10.2 Å². The molecule has 0 amide bonds. The van der Waals surface area contributed by atoms with Gasteiger partial charge in [-0.2, -0.15) is 0 Å². The summed E-state index contributed by atoms with van der Waals surface area (Å²) in [5.74, 6) is 0. The molecule has 1 aliphatic rings. The molecule has 23 heavy (non-hydrogen) atoms. The van der Waals surface area contributed by atoms with E-state index in [1.54, 1.807) is 0 Å². The largest absolute Gasteiger partial charge is 0.312 e. The van der Waals surface area contributed by atoms with Crippen molar-refractivity contribution < 1.29 is 0 Å². The number of fused-ring (bicyclic) bond motifs is 1. The molecule has 0 aromatic heterocycles. The minimum absolute atomic E-state index is 1.05. The molecule has 2 nitrogen and oxygen atoms in total. The van der Waals surface area contributed by atoms with Crippen molar-refractivity contribution in [1.29, 1.82) is 0 Å². The van der Waals surface area contributed by atoms with Crippen molar-refractivity contribution in [2.75, 3.05) is 26.2 Å². The fourth-order valence-corrected chi connectivity index (χ4v) is 2.90. The third-order valence-electron chi connectivity index (χ3n) is 4.49. The van der Waals surface area contributed by atoms with Crippen molar-refractivity contribution in [2.24, 2.45) is 0 Å². The van der Waals surface area contributed by atoms with Gasteiger partial charge in [-0.05, 0) is 63.0 Å². The predicted molar refractivity (Wildman–Crippen MR) is 103 cm³/mol. The van der Waals surface area contributed by atoms with Gasteiger partial charge in [0.05, 0.1) is 0 Å². The van der Waals surface area contributed by atoms with Crippen LogP contribution in [-0.4, -0.2) is 31.1 Å². The molecule has 1 N–H and O–H groups in total. The standard InChI is InChI=1S/C12H27N.C9H11N/c1-4-7-10-13(11-8-5-2)12-9-6-3;1-2-4-9-7-10-6-5-8(9)3-1/h4-12H2,1-3H3;1-4,10H,5-7H2. The Morgan fingerprint density at radius 1 is 0.826 bits per heavy atom. The van der Waals surface area contributed by atoms with Crippen LogP contribution in [0.25, 0.3) is 0 Å². The maximum Gasteiger partial charge on any atom is 0.0208 e. The summed E-state index contributed by atoms with van der Waals surface area (Å²) in [4.78, 5) is 2.64. The molecule has 0 radical (unpaired) electrons. The average molecular weight is 319 g/mol. The normalized spacial score (nSPS) is 13.4. The maximum atomic E-state index is 3.34. The molecule has 0 atom stereocenters. The van der Waals surface area contributed by atoms with E-state index in [1.807, 2.05) is 0 Å². The summed E-state index contributed by atoms with van der Waals surface area (Å²) in [7, 11) is 0. The Labute approximate surface area is 144 Å². The summed E-state index contributed by atoms with van der Waals surface area (Å²) in [6, 6.07) is 8.63. The lowest BCUT2D eigenvalue weighted by atomic mass is 10.0. The van der Waals surface area contributed by atoms with Gasteiger partial charge in [0.2, 0.25) is 0 Å². The second kappa shape index (κ2) is 13.6. The van der Waals surface area contributed by atoms with Crippen LogP contribution < -0.4 is 5.32 Å². The molecule has 0 saturated carbocycles. The van der Waals surface area contributed by atoms with Crippen LogP contribution in [0.2, 0.25) is 0 Å². The minimum Gasteiger partial charge on any atom is -0.312 e. The molecule has 1 aromatic carbocycles. The molecule has 1 heterocycles. The highest BCUT2D eigenvalue weighted by atomic mass is 15.1. The Kier molecular flexibility index (Phi) is 11.9. The fourth-order valence-electron chi connectivity index (χ4n) is 2.90. The molecule has 2 heteroatoms. The summed E-state index contributed by atoms with van der Waals surface area (Å²) in [6.45, 7) is 13.0. The average Bonchev–Trinajstić information content (AvgIpc) is 2.62. The molecular weight excluding hydrogens is 280 g/mol. The van der Waals surface area contributed by atoms with Gasteiger partial charge in [-0.1, -0.05) is 64.3 Å². The van der Waals surface area contributed by atoms with E-state index in [9.17, 15) is 0 Å². The van der Waals surface area contributed by atoms with E-state index >= 15 is 0 Å². The molecule has 2 rings (SSSR count). The monoisotopic (exact) mass is 318 g/mol. The van der Waals surface area contributed by atoms with Gasteiger partial charge in [0.25, 0.3) is 0 Å². The van der Waals surface area contributed by atoms with Crippen LogP contribution in [0, 0.1) is 0 Å². The zero-order valence-electron chi connectivity index (χ0n) is 15.7. The Morgan fingerprint density at radius 3 is 1.83 bits per heavy atom. The van der Waals surface area contributed by atoms with Crippen LogP contribution in [0.15, 0.2) is 24.3 Å². The van der Waals surface area contributed by atoms with Gasteiger partial charge >= 0.3 is 0 Å². The molecular formula is C21H38N2. The topological polar surface area (TPSA) is 15.3 Å². The summed E-state index contributed by atoms with van der Waals surface area (Å²) in [5, 5.41) is 3.34. The van der Waals surface area contributed by atoms with Crippen LogP contribution in [0.4, 0.5) is 0 Å². The van der Waals surface area contributed by atoms with E-state index in [4.69, 9.17) is 0 Å². The van der Waals surface area contributed by atoms with Crippen LogP contribution >= 0.6 is 0 Å². The van der Waals surface area contributed by atoms with Gasteiger partial charge in [-0.15, -0.1) is 0 Å². The molecule has 0 saturated heterocycles. The molecule has 0 spiro atoms. The quantitative estimate of drug-likeness (QED) is 0.687. The molecule has 0 bridgehead atoms. The van der Waals surface area contributed by atoms with Crippen LogP contribution in [0.3, 0.4) is 0 Å². The number of hydrogen-bond acceptors (Lipinski definition) is 2. The van der Waals surface area contributed by atoms with E-state index < -0.39 is 0 Å². The third kappa shape index (κ3) is 9.12. The highest BCUT2D eigenvalue weighted by molar-refractivity contribution is 5.28. The molecule has 132 valence electrons. The highest BCUT2D eigenvalue weighted by Gasteiger charge is 2.05. The lowest BCUT2D eigenvalue weighted by molar-refractivity contribution is 0.261. The lowest BCUT2D eigenvalue weighted by Crippen LogP contribution is -2.27. The highest BCUT2D eigenvalue weighted by Crippen LogP contribution is 2.11. The van der Waals surface area contributed by atoms with Crippen LogP contribution in [0.5, 0.6) is 0 Å². The molecule has 1 aromatic rings. The number of unbranched alkanes of at least 4 members (excludes halogenated alkanes) is 3. The van der Waals surface area contributed by atoms with Crippen molar-refractivity contribution in [2.45, 2.75) is 72.3 Å². The summed E-state index contributed by atoms with van der Waals surface area (Å²) >= 11 is 0. The second-order valence-electron chi connectivity index (χ2n) is 6.60. The first-order chi connectivity index (χ1) is 11.3. The number of nitrogens with zero attached hydrogens (tertiary/aromatic N) is 1. The summed E-state index contributed by atoms with van der Waals surface area (Å²) in [6.07, 6.45) is 9.28. The fraction of sp³-hybridized carbons (Fsp3) is 0.714. The van der Waals surface area contributed by atoms with Crippen LogP contribution in [-0.2, 0) is 13.0 Å². The van der Waals surface area contributed by atoms with E-state index in [1.165, 1.54) is 75.7 Å². The first-order valence-corrected chi connectivity index (χ1v) is 9.81. The van der Waals surface area contributed by atoms with Gasteiger partial charge in [0.15, 0.2) is 0 Å². The van der Waals surface area contributed by atoms with Gasteiger partial charge in [-0.3, -0.25) is 0 Å². The van der Waals surface area contributed by atoms with Gasteiger partial charge in [-0.25, -0.2) is 0 Å². The first-order valence-electron chi connectivity index (χ1n) is 9.81. The minimum atomic E-state index is 1.05. The Balaban J connectivity index is 0.000000235. The van der Waals surface area contributed by atoms with Crippen molar-refractivity contribution in [3.8, 4) is 0 Å². The van der Waals surface area contributed by atoms with E-state index in [0.29, 0.717) is 0 Å². The molecule has 1 aliphatic heterocycles. The zero-order valence-corrected chi connectivity index (χ0v) is 15.7. The van der Waals surface area contributed by atoms with Crippen molar-refractivity contribution >= 4 is 0 Å². The van der Waals surface area contributed by atoms with E-state index in [-0.39, 0.29) is 0 Å². The smallest absolute Gasteiger partial charge is 0.0208 e. The second-order valence-corrected chi connectivity index (χ2v) is 6.60. The van der Waals surface area contributed by atoms with E-state index in [2.05, 4.69) is 55.3 Å². The molecule has 0 aliphatic carbocycles. The van der Waals surface area contributed by atoms with Gasteiger partial charge in [0.1, 0.15) is 0 Å². The maximum absolute atomic E-state index is 3.34. The Hall–Kier alpha value is -0.860. The van der Waals surface area contributed by atoms with Crippen molar-refractivity contribution in [1.82, 2.24) is 10.2 Å². The number of rotatable bonds is 9.